The van der Waals surface area contributed by atoms with Crippen LogP contribution >= 0.6 is 24.0 Å². The summed E-state index contributed by atoms with van der Waals surface area (Å²) in [4.78, 5) is 7.18. The largest absolute Gasteiger partial charge is 0.357 e. The van der Waals surface area contributed by atoms with Crippen LogP contribution in [0.4, 0.5) is 4.39 Å². The number of hydrogen-bond acceptors (Lipinski definition) is 2. The Hall–Kier alpha value is -0.890. The van der Waals surface area contributed by atoms with E-state index >= 15 is 0 Å². The van der Waals surface area contributed by atoms with E-state index in [4.69, 9.17) is 0 Å². The van der Waals surface area contributed by atoms with Crippen LogP contribution in [0.2, 0.25) is 0 Å². The second kappa shape index (κ2) is 12.5. The summed E-state index contributed by atoms with van der Waals surface area (Å²) in [7, 11) is 0. The highest BCUT2D eigenvalue weighted by Gasteiger charge is 2.19. The Bertz CT molecular complexity index is 516. The van der Waals surface area contributed by atoms with Gasteiger partial charge in [-0.1, -0.05) is 19.1 Å². The summed E-state index contributed by atoms with van der Waals surface area (Å²) in [6, 6.07) is 7.25. The average Bonchev–Trinajstić information content (AvgIpc) is 2.57. The highest BCUT2D eigenvalue weighted by molar-refractivity contribution is 14.0. The summed E-state index contributed by atoms with van der Waals surface area (Å²) >= 11 is 0. The van der Waals surface area contributed by atoms with Crippen molar-refractivity contribution in [3.05, 3.63) is 35.6 Å². The van der Waals surface area contributed by atoms with Crippen molar-refractivity contribution in [1.82, 2.24) is 15.5 Å². The van der Waals surface area contributed by atoms with E-state index in [0.29, 0.717) is 12.6 Å². The Morgan fingerprint density at radius 1 is 1.28 bits per heavy atom. The number of halogens is 2. The van der Waals surface area contributed by atoms with Crippen LogP contribution < -0.4 is 10.6 Å². The molecule has 1 aliphatic rings. The van der Waals surface area contributed by atoms with Gasteiger partial charge >= 0.3 is 0 Å². The molecule has 4 nitrogen and oxygen atoms in total. The molecule has 25 heavy (non-hydrogen) atoms. The first kappa shape index (κ1) is 22.2. The van der Waals surface area contributed by atoms with E-state index in [9.17, 15) is 4.39 Å². The smallest absolute Gasteiger partial charge is 0.191 e. The zero-order valence-corrected chi connectivity index (χ0v) is 17.8. The molecule has 0 spiro atoms. The van der Waals surface area contributed by atoms with Gasteiger partial charge in [0.15, 0.2) is 5.96 Å². The molecule has 0 aromatic heterocycles. The van der Waals surface area contributed by atoms with Crippen LogP contribution in [0.15, 0.2) is 29.3 Å². The standard InChI is InChI=1S/C19H31FN4.HI/c1-3-12-24-13-9-18(10-14-24)23-19(21-4-2)22-11-8-16-6-5-7-17(20)15-16;/h5-7,15,18H,3-4,8-14H2,1-2H3,(H2,21,22,23);1H. The van der Waals surface area contributed by atoms with E-state index in [2.05, 4.69) is 34.4 Å². The van der Waals surface area contributed by atoms with E-state index in [-0.39, 0.29) is 29.8 Å². The van der Waals surface area contributed by atoms with Crippen molar-refractivity contribution in [3.63, 3.8) is 0 Å². The van der Waals surface area contributed by atoms with Crippen LogP contribution in [0.1, 0.15) is 38.7 Å². The fraction of sp³-hybridized carbons (Fsp3) is 0.632. The van der Waals surface area contributed by atoms with Gasteiger partial charge in [-0.2, -0.15) is 0 Å². The molecule has 6 heteroatoms. The second-order valence-electron chi connectivity index (χ2n) is 6.40. The van der Waals surface area contributed by atoms with Gasteiger partial charge in [-0.15, -0.1) is 24.0 Å². The van der Waals surface area contributed by atoms with Gasteiger partial charge in [0.1, 0.15) is 5.82 Å². The van der Waals surface area contributed by atoms with E-state index in [1.165, 1.54) is 19.0 Å². The van der Waals surface area contributed by atoms with Crippen LogP contribution in [-0.4, -0.2) is 49.6 Å². The topological polar surface area (TPSA) is 39.7 Å². The molecule has 1 fully saturated rings. The molecule has 0 bridgehead atoms. The monoisotopic (exact) mass is 462 g/mol. The Labute approximate surface area is 168 Å². The highest BCUT2D eigenvalue weighted by atomic mass is 127. The van der Waals surface area contributed by atoms with Gasteiger partial charge in [-0.05, 0) is 56.8 Å². The van der Waals surface area contributed by atoms with Gasteiger partial charge in [-0.3, -0.25) is 4.99 Å². The lowest BCUT2D eigenvalue weighted by Gasteiger charge is -2.32. The SMILES string of the molecule is CCCN1CCC(NC(=NCCc2cccc(F)c2)NCC)CC1.I. The lowest BCUT2D eigenvalue weighted by Crippen LogP contribution is -2.48. The van der Waals surface area contributed by atoms with Crippen molar-refractivity contribution in [3.8, 4) is 0 Å². The molecule has 2 N–H and O–H groups in total. The Morgan fingerprint density at radius 2 is 2.04 bits per heavy atom. The maximum Gasteiger partial charge on any atom is 0.191 e. The number of nitrogens with one attached hydrogen (secondary N) is 2. The number of rotatable bonds is 7. The Morgan fingerprint density at radius 3 is 2.68 bits per heavy atom. The predicted octanol–water partition coefficient (Wildman–Crippen LogP) is 3.42. The van der Waals surface area contributed by atoms with Gasteiger partial charge < -0.3 is 15.5 Å². The summed E-state index contributed by atoms with van der Waals surface area (Å²) in [5.41, 5.74) is 0.988. The lowest BCUT2D eigenvalue weighted by atomic mass is 10.1. The number of guanidine groups is 1. The van der Waals surface area contributed by atoms with Crippen LogP contribution in [0.3, 0.4) is 0 Å². The summed E-state index contributed by atoms with van der Waals surface area (Å²) in [5, 5.41) is 6.87. The molecule has 0 aliphatic carbocycles. The van der Waals surface area contributed by atoms with Crippen molar-refractivity contribution < 1.29 is 4.39 Å². The summed E-state index contributed by atoms with van der Waals surface area (Å²) in [6.45, 7) is 9.34. The fourth-order valence-electron chi connectivity index (χ4n) is 3.12. The number of aliphatic imine (C=N–C) groups is 1. The molecular formula is C19H32FIN4. The molecule has 0 atom stereocenters. The van der Waals surface area contributed by atoms with Crippen molar-refractivity contribution in [2.75, 3.05) is 32.7 Å². The fourth-order valence-corrected chi connectivity index (χ4v) is 3.12. The van der Waals surface area contributed by atoms with E-state index in [1.54, 1.807) is 12.1 Å². The minimum Gasteiger partial charge on any atom is -0.357 e. The summed E-state index contributed by atoms with van der Waals surface area (Å²) in [6.07, 6.45) is 4.30. The van der Waals surface area contributed by atoms with Gasteiger partial charge in [-0.25, -0.2) is 4.39 Å². The van der Waals surface area contributed by atoms with Gasteiger partial charge in [0.2, 0.25) is 0 Å². The van der Waals surface area contributed by atoms with Crippen LogP contribution in [-0.2, 0) is 6.42 Å². The highest BCUT2D eigenvalue weighted by Crippen LogP contribution is 2.10. The summed E-state index contributed by atoms with van der Waals surface area (Å²) in [5.74, 6) is 0.697. The van der Waals surface area contributed by atoms with Crippen LogP contribution in [0.25, 0.3) is 0 Å². The molecule has 1 heterocycles. The first-order valence-electron chi connectivity index (χ1n) is 9.23. The lowest BCUT2D eigenvalue weighted by molar-refractivity contribution is 0.206. The van der Waals surface area contributed by atoms with E-state index < -0.39 is 0 Å². The molecule has 1 aromatic carbocycles. The van der Waals surface area contributed by atoms with Crippen LogP contribution in [0, 0.1) is 5.82 Å². The van der Waals surface area contributed by atoms with Crippen molar-refractivity contribution in [1.29, 1.82) is 0 Å². The maximum absolute atomic E-state index is 13.2. The molecular weight excluding hydrogens is 430 g/mol. The molecule has 142 valence electrons. The zero-order valence-electron chi connectivity index (χ0n) is 15.4. The van der Waals surface area contributed by atoms with Gasteiger partial charge in [0.25, 0.3) is 0 Å². The van der Waals surface area contributed by atoms with Crippen LogP contribution in [0.5, 0.6) is 0 Å². The number of benzene rings is 1. The van der Waals surface area contributed by atoms with E-state index in [0.717, 1.165) is 50.4 Å². The summed E-state index contributed by atoms with van der Waals surface area (Å²) < 4.78 is 13.2. The molecule has 1 saturated heterocycles. The first-order valence-corrected chi connectivity index (χ1v) is 9.23. The Balaban J connectivity index is 0.00000312. The van der Waals surface area contributed by atoms with E-state index in [1.807, 2.05) is 6.07 Å². The third-order valence-electron chi connectivity index (χ3n) is 4.37. The quantitative estimate of drug-likeness (QED) is 0.371. The number of likely N-dealkylation sites (tertiary alicyclic amines) is 1. The minimum atomic E-state index is -0.180. The number of nitrogens with zero attached hydrogens (tertiary/aromatic N) is 2. The first-order chi connectivity index (χ1) is 11.7. The molecule has 0 amide bonds. The molecule has 0 radical (unpaired) electrons. The zero-order chi connectivity index (χ0) is 17.2. The Kier molecular flexibility index (Phi) is 11.0. The van der Waals surface area contributed by atoms with Gasteiger partial charge in [0, 0.05) is 32.2 Å². The average molecular weight is 462 g/mol. The maximum atomic E-state index is 13.2. The predicted molar refractivity (Wildman–Crippen MR) is 114 cm³/mol. The molecule has 2 rings (SSSR count). The van der Waals surface area contributed by atoms with Gasteiger partial charge in [0.05, 0.1) is 0 Å². The van der Waals surface area contributed by atoms with Crippen molar-refractivity contribution in [2.45, 2.75) is 45.6 Å². The number of hydrogen-bond donors (Lipinski definition) is 2. The minimum absolute atomic E-state index is 0. The normalized spacial score (nSPS) is 16.4. The second-order valence-corrected chi connectivity index (χ2v) is 6.40. The van der Waals surface area contributed by atoms with Crippen molar-refractivity contribution >= 4 is 29.9 Å². The molecule has 1 aliphatic heterocycles. The molecule has 0 saturated carbocycles. The third kappa shape index (κ3) is 8.35. The third-order valence-corrected chi connectivity index (χ3v) is 4.37. The number of piperidine rings is 1. The molecule has 1 aromatic rings. The van der Waals surface area contributed by atoms with Crippen molar-refractivity contribution in [2.24, 2.45) is 4.99 Å². The molecule has 0 unspecified atom stereocenters.